The number of hydrogen-bond donors (Lipinski definition) is 1. The Bertz CT molecular complexity index is 305. The number of hydrogen-bond acceptors (Lipinski definition) is 2. The first-order chi connectivity index (χ1) is 8.08. The fourth-order valence-corrected chi connectivity index (χ4v) is 3.50. The monoisotopic (exact) mass is 237 g/mol. The van der Waals surface area contributed by atoms with Crippen molar-refractivity contribution in [1.29, 1.82) is 0 Å². The van der Waals surface area contributed by atoms with E-state index in [1.54, 1.807) is 0 Å². The van der Waals surface area contributed by atoms with E-state index < -0.39 is 0 Å². The highest BCUT2D eigenvalue weighted by Gasteiger charge is 2.40. The lowest BCUT2D eigenvalue weighted by molar-refractivity contribution is -0.140. The summed E-state index contributed by atoms with van der Waals surface area (Å²) >= 11 is 0. The Morgan fingerprint density at radius 3 is 2.47 bits per heavy atom. The highest BCUT2D eigenvalue weighted by Crippen LogP contribution is 2.40. The van der Waals surface area contributed by atoms with Crippen molar-refractivity contribution in [1.82, 2.24) is 5.32 Å². The van der Waals surface area contributed by atoms with E-state index in [9.17, 15) is 9.59 Å². The van der Waals surface area contributed by atoms with Gasteiger partial charge in [-0.05, 0) is 24.2 Å². The molecule has 2 fully saturated rings. The number of rotatable bonds is 3. The fraction of sp³-hybridized carbons (Fsp3) is 0.857. The van der Waals surface area contributed by atoms with Crippen molar-refractivity contribution in [3.63, 3.8) is 0 Å². The summed E-state index contributed by atoms with van der Waals surface area (Å²) in [4.78, 5) is 23.5. The van der Waals surface area contributed by atoms with Crippen molar-refractivity contribution in [3.05, 3.63) is 0 Å². The van der Waals surface area contributed by atoms with Crippen molar-refractivity contribution in [2.75, 3.05) is 0 Å². The van der Waals surface area contributed by atoms with E-state index in [1.165, 1.54) is 25.7 Å². The van der Waals surface area contributed by atoms with Crippen LogP contribution < -0.4 is 5.32 Å². The Labute approximate surface area is 103 Å². The van der Waals surface area contributed by atoms with Crippen molar-refractivity contribution in [2.24, 2.45) is 23.7 Å². The molecule has 96 valence electrons. The van der Waals surface area contributed by atoms with Crippen LogP contribution in [0, 0.1) is 23.7 Å². The second-order valence-electron chi connectivity index (χ2n) is 6.06. The van der Waals surface area contributed by atoms with Crippen LogP contribution in [-0.2, 0) is 9.59 Å². The van der Waals surface area contributed by atoms with Crippen LogP contribution in [-0.4, -0.2) is 11.8 Å². The van der Waals surface area contributed by atoms with Crippen LogP contribution >= 0.6 is 0 Å². The first-order valence-corrected chi connectivity index (χ1v) is 6.91. The SMILES string of the molecule is CC(C)CC1C(=O)NC(=O)CC1C1CCCC1. The van der Waals surface area contributed by atoms with Crippen LogP contribution in [0.4, 0.5) is 0 Å². The van der Waals surface area contributed by atoms with Gasteiger partial charge < -0.3 is 0 Å². The quantitative estimate of drug-likeness (QED) is 0.767. The van der Waals surface area contributed by atoms with E-state index in [2.05, 4.69) is 19.2 Å². The van der Waals surface area contributed by atoms with Gasteiger partial charge in [0.2, 0.25) is 11.8 Å². The molecule has 0 aromatic carbocycles. The lowest BCUT2D eigenvalue weighted by atomic mass is 9.73. The lowest BCUT2D eigenvalue weighted by Gasteiger charge is -2.35. The molecular formula is C14H23NO2. The van der Waals surface area contributed by atoms with Crippen LogP contribution in [0.5, 0.6) is 0 Å². The summed E-state index contributed by atoms with van der Waals surface area (Å²) in [6.07, 6.45) is 6.43. The zero-order valence-corrected chi connectivity index (χ0v) is 10.9. The summed E-state index contributed by atoms with van der Waals surface area (Å²) in [6.45, 7) is 4.30. The molecule has 1 saturated carbocycles. The number of amides is 2. The average Bonchev–Trinajstić information content (AvgIpc) is 2.74. The Balaban J connectivity index is 2.11. The van der Waals surface area contributed by atoms with Crippen LogP contribution in [0.3, 0.4) is 0 Å². The van der Waals surface area contributed by atoms with Gasteiger partial charge >= 0.3 is 0 Å². The molecule has 2 aliphatic rings. The highest BCUT2D eigenvalue weighted by atomic mass is 16.2. The largest absolute Gasteiger partial charge is 0.296 e. The first-order valence-electron chi connectivity index (χ1n) is 6.91. The zero-order chi connectivity index (χ0) is 12.4. The molecule has 0 radical (unpaired) electrons. The van der Waals surface area contributed by atoms with Gasteiger partial charge in [0.15, 0.2) is 0 Å². The molecule has 1 saturated heterocycles. The summed E-state index contributed by atoms with van der Waals surface area (Å²) in [6, 6.07) is 0. The Hall–Kier alpha value is -0.860. The lowest BCUT2D eigenvalue weighted by Crippen LogP contribution is -2.48. The smallest absolute Gasteiger partial charge is 0.229 e. The van der Waals surface area contributed by atoms with Gasteiger partial charge in [-0.15, -0.1) is 0 Å². The molecule has 0 aromatic heterocycles. The number of piperidine rings is 1. The number of imide groups is 1. The molecule has 2 rings (SSSR count). The number of carbonyl (C=O) groups is 2. The standard InChI is InChI=1S/C14H23NO2/c1-9(2)7-12-11(10-5-3-4-6-10)8-13(16)15-14(12)17/h9-12H,3-8H2,1-2H3,(H,15,16,17). The van der Waals surface area contributed by atoms with Crippen LogP contribution in [0.25, 0.3) is 0 Å². The van der Waals surface area contributed by atoms with E-state index >= 15 is 0 Å². The van der Waals surface area contributed by atoms with Crippen molar-refractivity contribution < 1.29 is 9.59 Å². The minimum atomic E-state index is -0.0630. The second kappa shape index (κ2) is 5.19. The van der Waals surface area contributed by atoms with Gasteiger partial charge in [0.25, 0.3) is 0 Å². The number of carbonyl (C=O) groups excluding carboxylic acids is 2. The average molecular weight is 237 g/mol. The van der Waals surface area contributed by atoms with Gasteiger partial charge in [0, 0.05) is 12.3 Å². The molecule has 1 heterocycles. The van der Waals surface area contributed by atoms with Crippen LogP contribution in [0.15, 0.2) is 0 Å². The number of nitrogens with one attached hydrogen (secondary N) is 1. The van der Waals surface area contributed by atoms with E-state index in [0.29, 0.717) is 24.2 Å². The molecule has 2 atom stereocenters. The van der Waals surface area contributed by atoms with Crippen molar-refractivity contribution in [3.8, 4) is 0 Å². The minimum Gasteiger partial charge on any atom is -0.296 e. The second-order valence-corrected chi connectivity index (χ2v) is 6.06. The summed E-state index contributed by atoms with van der Waals surface area (Å²) < 4.78 is 0. The van der Waals surface area contributed by atoms with Crippen LogP contribution in [0.2, 0.25) is 0 Å². The molecule has 0 spiro atoms. The third-order valence-electron chi connectivity index (χ3n) is 4.27. The topological polar surface area (TPSA) is 46.2 Å². The Kier molecular flexibility index (Phi) is 3.85. The maximum atomic E-state index is 12.0. The summed E-state index contributed by atoms with van der Waals surface area (Å²) in [5, 5.41) is 2.51. The molecule has 3 nitrogen and oxygen atoms in total. The first kappa shape index (κ1) is 12.6. The van der Waals surface area contributed by atoms with Gasteiger partial charge in [0.1, 0.15) is 0 Å². The predicted octanol–water partition coefficient (Wildman–Crippen LogP) is 2.50. The van der Waals surface area contributed by atoms with Gasteiger partial charge in [-0.3, -0.25) is 14.9 Å². The van der Waals surface area contributed by atoms with E-state index in [0.717, 1.165) is 6.42 Å². The van der Waals surface area contributed by atoms with E-state index in [4.69, 9.17) is 0 Å². The predicted molar refractivity (Wildman–Crippen MR) is 66.2 cm³/mol. The highest BCUT2D eigenvalue weighted by molar-refractivity contribution is 5.99. The molecule has 1 aliphatic carbocycles. The Morgan fingerprint density at radius 2 is 1.88 bits per heavy atom. The molecule has 1 aliphatic heterocycles. The van der Waals surface area contributed by atoms with E-state index in [-0.39, 0.29) is 17.7 Å². The van der Waals surface area contributed by atoms with Crippen molar-refractivity contribution in [2.45, 2.75) is 52.4 Å². The van der Waals surface area contributed by atoms with Gasteiger partial charge in [-0.1, -0.05) is 39.5 Å². The third kappa shape index (κ3) is 2.88. The molecule has 3 heteroatoms. The summed E-state index contributed by atoms with van der Waals surface area (Å²) in [5.41, 5.74) is 0. The van der Waals surface area contributed by atoms with Crippen molar-refractivity contribution >= 4 is 11.8 Å². The maximum Gasteiger partial charge on any atom is 0.229 e. The summed E-state index contributed by atoms with van der Waals surface area (Å²) in [7, 11) is 0. The minimum absolute atomic E-state index is 0.0214. The Morgan fingerprint density at radius 1 is 1.24 bits per heavy atom. The van der Waals surface area contributed by atoms with Gasteiger partial charge in [-0.2, -0.15) is 0 Å². The van der Waals surface area contributed by atoms with Crippen LogP contribution in [0.1, 0.15) is 52.4 Å². The summed E-state index contributed by atoms with van der Waals surface area (Å²) in [5.74, 6) is 1.41. The fourth-order valence-electron chi connectivity index (χ4n) is 3.50. The van der Waals surface area contributed by atoms with Gasteiger partial charge in [-0.25, -0.2) is 0 Å². The molecule has 1 N–H and O–H groups in total. The molecule has 0 bridgehead atoms. The maximum absolute atomic E-state index is 12.0. The molecule has 2 amide bonds. The normalized spacial score (nSPS) is 31.0. The van der Waals surface area contributed by atoms with Gasteiger partial charge in [0.05, 0.1) is 0 Å². The third-order valence-corrected chi connectivity index (χ3v) is 4.27. The zero-order valence-electron chi connectivity index (χ0n) is 10.9. The van der Waals surface area contributed by atoms with E-state index in [1.807, 2.05) is 0 Å². The molecule has 17 heavy (non-hydrogen) atoms. The molecule has 0 aromatic rings. The molecular weight excluding hydrogens is 214 g/mol. The molecule has 2 unspecified atom stereocenters.